The number of benzene rings is 4. The number of aryl methyl sites for hydroxylation is 1. The summed E-state index contributed by atoms with van der Waals surface area (Å²) in [7, 11) is 0. The van der Waals surface area contributed by atoms with Crippen LogP contribution in [0.5, 0.6) is 11.5 Å². The van der Waals surface area contributed by atoms with Crippen LogP contribution in [-0.2, 0) is 5.41 Å². The number of hydrogen-bond donors (Lipinski definition) is 3. The summed E-state index contributed by atoms with van der Waals surface area (Å²) < 4.78 is 70.6. The predicted octanol–water partition coefficient (Wildman–Crippen LogP) is 8.62. The SMILES string of the molecule is Cc1cc(-c2c(F)cc(O)c3c2C(C)(C)CN3c2ccccc2NC(=O)Nc2ccc(OC(F)(F)F)cc2)ccc1F. The molecule has 0 aromatic heterocycles. The molecule has 0 saturated heterocycles. The first-order chi connectivity index (χ1) is 19.7. The number of ether oxygens (including phenoxy) is 1. The number of phenolic OH excluding ortho intramolecular Hbond substituents is 1. The number of phenols is 1. The molecule has 1 heterocycles. The minimum absolute atomic E-state index is 0.222. The Morgan fingerprint density at radius 2 is 1.64 bits per heavy atom. The van der Waals surface area contributed by atoms with Crippen LogP contribution in [0.15, 0.2) is 72.8 Å². The lowest BCUT2D eigenvalue weighted by atomic mass is 9.81. The van der Waals surface area contributed by atoms with Crippen molar-refractivity contribution in [2.45, 2.75) is 32.5 Å². The predicted molar refractivity (Wildman–Crippen MR) is 150 cm³/mol. The summed E-state index contributed by atoms with van der Waals surface area (Å²) in [5, 5.41) is 16.3. The summed E-state index contributed by atoms with van der Waals surface area (Å²) in [6.45, 7) is 5.71. The monoisotopic (exact) mass is 583 g/mol. The number of amides is 2. The largest absolute Gasteiger partial charge is 0.573 e. The maximum absolute atomic E-state index is 15.5. The second kappa shape index (κ2) is 10.6. The van der Waals surface area contributed by atoms with Gasteiger partial charge < -0.3 is 25.4 Å². The highest BCUT2D eigenvalue weighted by molar-refractivity contribution is 6.03. The van der Waals surface area contributed by atoms with Crippen LogP contribution in [0.4, 0.5) is 49.5 Å². The molecule has 42 heavy (non-hydrogen) atoms. The lowest BCUT2D eigenvalue weighted by Gasteiger charge is -2.25. The van der Waals surface area contributed by atoms with Gasteiger partial charge in [0, 0.05) is 29.3 Å². The summed E-state index contributed by atoms with van der Waals surface area (Å²) in [6.07, 6.45) is -4.84. The molecule has 11 heteroatoms. The highest BCUT2D eigenvalue weighted by Crippen LogP contribution is 2.54. The van der Waals surface area contributed by atoms with E-state index in [-0.39, 0.29) is 17.0 Å². The summed E-state index contributed by atoms with van der Waals surface area (Å²) >= 11 is 0. The number of fused-ring (bicyclic) bond motifs is 1. The van der Waals surface area contributed by atoms with Gasteiger partial charge in [0.15, 0.2) is 0 Å². The fourth-order valence-electron chi connectivity index (χ4n) is 5.24. The third kappa shape index (κ3) is 5.67. The van der Waals surface area contributed by atoms with E-state index in [0.717, 1.165) is 18.2 Å². The van der Waals surface area contributed by atoms with Crippen molar-refractivity contribution in [1.82, 2.24) is 0 Å². The standard InChI is InChI=1S/C31H26F5N3O3/c1-17-14-18(8-13-21(17)32)26-22(33)15-25(40)28-27(26)30(2,3)16-39(28)24-7-5-4-6-23(24)38-29(41)37-19-9-11-20(12-10-19)42-31(34,35)36/h4-15,40H,16H2,1-3H3,(H2,37,38,41). The van der Waals surface area contributed by atoms with Gasteiger partial charge in [0.2, 0.25) is 0 Å². The molecule has 0 fully saturated rings. The van der Waals surface area contributed by atoms with E-state index in [1.54, 1.807) is 42.2 Å². The summed E-state index contributed by atoms with van der Waals surface area (Å²) in [4.78, 5) is 14.6. The van der Waals surface area contributed by atoms with Crippen LogP contribution < -0.4 is 20.3 Å². The number of aromatic hydroxyl groups is 1. The third-order valence-electron chi connectivity index (χ3n) is 6.97. The molecule has 0 spiro atoms. The van der Waals surface area contributed by atoms with E-state index in [1.165, 1.54) is 24.3 Å². The van der Waals surface area contributed by atoms with Crippen molar-refractivity contribution in [1.29, 1.82) is 0 Å². The minimum Gasteiger partial charge on any atom is -0.506 e. The van der Waals surface area contributed by atoms with E-state index < -0.39 is 35.2 Å². The van der Waals surface area contributed by atoms with E-state index in [2.05, 4.69) is 15.4 Å². The van der Waals surface area contributed by atoms with Crippen molar-refractivity contribution in [3.63, 3.8) is 0 Å². The molecule has 6 nitrogen and oxygen atoms in total. The molecule has 218 valence electrons. The fraction of sp³-hybridized carbons (Fsp3) is 0.194. The van der Waals surface area contributed by atoms with Gasteiger partial charge in [-0.15, -0.1) is 13.2 Å². The molecule has 3 N–H and O–H groups in total. The van der Waals surface area contributed by atoms with E-state index in [9.17, 15) is 27.5 Å². The molecule has 0 saturated carbocycles. The third-order valence-corrected chi connectivity index (χ3v) is 6.97. The van der Waals surface area contributed by atoms with Crippen LogP contribution in [0.2, 0.25) is 0 Å². The van der Waals surface area contributed by atoms with E-state index in [1.807, 2.05) is 13.8 Å². The Morgan fingerprint density at radius 3 is 2.31 bits per heavy atom. The quantitative estimate of drug-likeness (QED) is 0.206. The van der Waals surface area contributed by atoms with Gasteiger partial charge >= 0.3 is 12.4 Å². The van der Waals surface area contributed by atoms with E-state index in [4.69, 9.17) is 0 Å². The van der Waals surface area contributed by atoms with Gasteiger partial charge in [-0.25, -0.2) is 13.6 Å². The maximum atomic E-state index is 15.5. The van der Waals surface area contributed by atoms with E-state index >= 15 is 4.39 Å². The van der Waals surface area contributed by atoms with Gasteiger partial charge in [-0.05, 0) is 72.1 Å². The lowest BCUT2D eigenvalue weighted by molar-refractivity contribution is -0.274. The number of urea groups is 1. The van der Waals surface area contributed by atoms with Gasteiger partial charge in [0.1, 0.15) is 23.1 Å². The smallest absolute Gasteiger partial charge is 0.506 e. The van der Waals surface area contributed by atoms with Crippen molar-refractivity contribution in [2.75, 3.05) is 22.1 Å². The topological polar surface area (TPSA) is 73.8 Å². The molecular weight excluding hydrogens is 557 g/mol. The van der Waals surface area contributed by atoms with Crippen LogP contribution >= 0.6 is 0 Å². The maximum Gasteiger partial charge on any atom is 0.573 e. The zero-order valence-electron chi connectivity index (χ0n) is 22.7. The summed E-state index contributed by atoms with van der Waals surface area (Å²) in [5.41, 5.74) is 2.37. The zero-order chi connectivity index (χ0) is 30.4. The molecule has 0 unspecified atom stereocenters. The number of carbonyl (C=O) groups is 1. The van der Waals surface area contributed by atoms with E-state index in [0.29, 0.717) is 40.3 Å². The minimum atomic E-state index is -4.84. The zero-order valence-corrected chi connectivity index (χ0v) is 22.7. The number of para-hydroxylation sites is 2. The Bertz CT molecular complexity index is 1670. The molecule has 0 radical (unpaired) electrons. The van der Waals surface area contributed by atoms with Crippen molar-refractivity contribution in [2.24, 2.45) is 0 Å². The first kappa shape index (κ1) is 28.7. The average molecular weight is 584 g/mol. The summed E-state index contributed by atoms with van der Waals surface area (Å²) in [6, 6.07) is 16.2. The van der Waals surface area contributed by atoms with Crippen LogP contribution in [0, 0.1) is 18.6 Å². The van der Waals surface area contributed by atoms with Crippen LogP contribution in [0.1, 0.15) is 25.0 Å². The van der Waals surface area contributed by atoms with Gasteiger partial charge in [-0.1, -0.05) is 32.0 Å². The van der Waals surface area contributed by atoms with Gasteiger partial charge in [-0.2, -0.15) is 0 Å². The fourth-order valence-corrected chi connectivity index (χ4v) is 5.24. The number of nitrogens with zero attached hydrogens (tertiary/aromatic N) is 1. The number of rotatable bonds is 5. The van der Waals surface area contributed by atoms with Crippen molar-refractivity contribution in [3.8, 4) is 22.6 Å². The molecule has 5 rings (SSSR count). The molecule has 1 aliphatic rings. The molecule has 4 aromatic carbocycles. The molecule has 1 aliphatic heterocycles. The lowest BCUT2D eigenvalue weighted by Crippen LogP contribution is -2.27. The normalized spacial score (nSPS) is 14.0. The second-order valence-electron chi connectivity index (χ2n) is 10.6. The first-order valence-electron chi connectivity index (χ1n) is 12.9. The Morgan fingerprint density at radius 1 is 0.952 bits per heavy atom. The molecule has 0 aliphatic carbocycles. The molecule has 4 aromatic rings. The highest BCUT2D eigenvalue weighted by atomic mass is 19.4. The van der Waals surface area contributed by atoms with Crippen molar-refractivity contribution < 1.29 is 36.6 Å². The number of halogens is 5. The Balaban J connectivity index is 1.47. The van der Waals surface area contributed by atoms with Crippen LogP contribution in [0.3, 0.4) is 0 Å². The molecule has 0 bridgehead atoms. The van der Waals surface area contributed by atoms with Crippen molar-refractivity contribution in [3.05, 3.63) is 95.6 Å². The van der Waals surface area contributed by atoms with Crippen molar-refractivity contribution >= 4 is 28.8 Å². The number of nitrogens with one attached hydrogen (secondary N) is 2. The van der Waals surface area contributed by atoms with Gasteiger partial charge in [0.05, 0.1) is 17.1 Å². The summed E-state index contributed by atoms with van der Waals surface area (Å²) in [5.74, 6) is -1.79. The first-order valence-corrected chi connectivity index (χ1v) is 12.9. The Hall–Kier alpha value is -4.80. The second-order valence-corrected chi connectivity index (χ2v) is 10.6. The number of carbonyl (C=O) groups excluding carboxylic acids is 1. The Kier molecular flexibility index (Phi) is 7.21. The number of alkyl halides is 3. The highest BCUT2D eigenvalue weighted by Gasteiger charge is 2.42. The molecular formula is C31H26F5N3O3. The van der Waals surface area contributed by atoms with Gasteiger partial charge in [-0.3, -0.25) is 0 Å². The number of hydrogen-bond acceptors (Lipinski definition) is 4. The van der Waals surface area contributed by atoms with Gasteiger partial charge in [0.25, 0.3) is 0 Å². The number of anilines is 4. The average Bonchev–Trinajstić information content (AvgIpc) is 3.18. The molecule has 0 atom stereocenters. The Labute approximate surface area is 238 Å². The van der Waals surface area contributed by atoms with Crippen LogP contribution in [0.25, 0.3) is 11.1 Å². The van der Waals surface area contributed by atoms with Crippen LogP contribution in [-0.4, -0.2) is 24.0 Å². The molecule has 2 amide bonds.